The van der Waals surface area contributed by atoms with Gasteiger partial charge in [0.1, 0.15) is 5.82 Å². The Bertz CT molecular complexity index is 444. The third kappa shape index (κ3) is 2.40. The number of carbonyl (C=O) groups excluding carboxylic acids is 1. The lowest BCUT2D eigenvalue weighted by atomic mass is 9.82. The van der Waals surface area contributed by atoms with Gasteiger partial charge in [-0.2, -0.15) is 0 Å². The summed E-state index contributed by atoms with van der Waals surface area (Å²) in [7, 11) is 0. The minimum Gasteiger partial charge on any atom is -0.325 e. The molecule has 0 saturated heterocycles. The van der Waals surface area contributed by atoms with Crippen LogP contribution >= 0.6 is 0 Å². The molecule has 1 aromatic carbocycles. The van der Waals surface area contributed by atoms with E-state index in [-0.39, 0.29) is 17.6 Å². The van der Waals surface area contributed by atoms with Gasteiger partial charge in [-0.25, -0.2) is 4.39 Å². The van der Waals surface area contributed by atoms with Crippen molar-refractivity contribution in [2.75, 3.05) is 5.32 Å². The van der Waals surface area contributed by atoms with Crippen molar-refractivity contribution in [3.63, 3.8) is 0 Å². The average Bonchev–Trinajstić information content (AvgIpc) is 2.67. The monoisotopic (exact) mass is 249 g/mol. The number of carbonyl (C=O) groups is 1. The molecule has 0 bridgehead atoms. The van der Waals surface area contributed by atoms with Crippen molar-refractivity contribution in [3.05, 3.63) is 29.6 Å². The smallest absolute Gasteiger partial charge is 0.232 e. The van der Waals surface area contributed by atoms with Crippen LogP contribution in [0.1, 0.15) is 51.0 Å². The third-order valence-corrected chi connectivity index (χ3v) is 3.81. The summed E-state index contributed by atoms with van der Waals surface area (Å²) in [6, 6.07) is 4.57. The molecule has 2 nitrogen and oxygen atoms in total. The molecular weight excluding hydrogens is 229 g/mol. The summed E-state index contributed by atoms with van der Waals surface area (Å²) in [4.78, 5) is 12.1. The summed E-state index contributed by atoms with van der Waals surface area (Å²) in [5, 5.41) is 2.86. The lowest BCUT2D eigenvalue weighted by Crippen LogP contribution is -2.20. The van der Waals surface area contributed by atoms with E-state index in [1.165, 1.54) is 12.1 Å². The predicted molar refractivity (Wildman–Crippen MR) is 71.1 cm³/mol. The minimum absolute atomic E-state index is 0.0264. The highest BCUT2D eigenvalue weighted by atomic mass is 19.1. The molecular formula is C15H20FNO. The van der Waals surface area contributed by atoms with Crippen molar-refractivity contribution < 1.29 is 9.18 Å². The molecule has 2 atom stereocenters. The van der Waals surface area contributed by atoms with Crippen molar-refractivity contribution in [1.29, 1.82) is 0 Å². The SMILES string of the molecule is CCCCC(CC)C1C(=O)Nc2ccc(F)cc21. The van der Waals surface area contributed by atoms with E-state index in [0.717, 1.165) is 36.9 Å². The minimum atomic E-state index is -0.263. The Labute approximate surface area is 108 Å². The van der Waals surface area contributed by atoms with E-state index in [1.807, 2.05) is 0 Å². The van der Waals surface area contributed by atoms with Crippen LogP contribution in [0.4, 0.5) is 10.1 Å². The van der Waals surface area contributed by atoms with Crippen molar-refractivity contribution >= 4 is 11.6 Å². The number of hydrogen-bond acceptors (Lipinski definition) is 1. The van der Waals surface area contributed by atoms with E-state index in [4.69, 9.17) is 0 Å². The Kier molecular flexibility index (Phi) is 4.00. The Morgan fingerprint density at radius 2 is 2.17 bits per heavy atom. The molecule has 1 aliphatic rings. The van der Waals surface area contributed by atoms with E-state index >= 15 is 0 Å². The maximum absolute atomic E-state index is 13.3. The van der Waals surface area contributed by atoms with Crippen molar-refractivity contribution in [2.24, 2.45) is 5.92 Å². The normalized spacial score (nSPS) is 19.5. The maximum atomic E-state index is 13.3. The maximum Gasteiger partial charge on any atom is 0.232 e. The van der Waals surface area contributed by atoms with Gasteiger partial charge in [0.05, 0.1) is 5.92 Å². The number of unbranched alkanes of at least 4 members (excludes halogenated alkanes) is 1. The molecule has 18 heavy (non-hydrogen) atoms. The molecule has 0 aliphatic carbocycles. The zero-order chi connectivity index (χ0) is 13.1. The molecule has 0 saturated carbocycles. The van der Waals surface area contributed by atoms with Gasteiger partial charge >= 0.3 is 0 Å². The molecule has 1 heterocycles. The lowest BCUT2D eigenvalue weighted by Gasteiger charge is -2.20. The van der Waals surface area contributed by atoms with Crippen LogP contribution in [0, 0.1) is 11.7 Å². The van der Waals surface area contributed by atoms with Crippen LogP contribution in [0.2, 0.25) is 0 Å². The summed E-state index contributed by atoms with van der Waals surface area (Å²) < 4.78 is 13.3. The average molecular weight is 249 g/mol. The van der Waals surface area contributed by atoms with Crippen molar-refractivity contribution in [2.45, 2.75) is 45.4 Å². The van der Waals surface area contributed by atoms with E-state index in [0.29, 0.717) is 5.92 Å². The summed E-state index contributed by atoms with van der Waals surface area (Å²) in [6.45, 7) is 4.25. The molecule has 0 spiro atoms. The number of nitrogens with one attached hydrogen (secondary N) is 1. The Morgan fingerprint density at radius 3 is 2.83 bits per heavy atom. The van der Waals surface area contributed by atoms with Crippen molar-refractivity contribution in [1.82, 2.24) is 0 Å². The second-order valence-corrected chi connectivity index (χ2v) is 5.01. The number of amides is 1. The van der Waals surface area contributed by atoms with Crippen molar-refractivity contribution in [3.8, 4) is 0 Å². The zero-order valence-corrected chi connectivity index (χ0v) is 11.0. The highest BCUT2D eigenvalue weighted by molar-refractivity contribution is 6.03. The topological polar surface area (TPSA) is 29.1 Å². The second-order valence-electron chi connectivity index (χ2n) is 5.01. The molecule has 2 unspecified atom stereocenters. The number of hydrogen-bond donors (Lipinski definition) is 1. The third-order valence-electron chi connectivity index (χ3n) is 3.81. The van der Waals surface area contributed by atoms with Gasteiger partial charge in [-0.05, 0) is 36.1 Å². The molecule has 0 fully saturated rings. The van der Waals surface area contributed by atoms with Crippen LogP contribution in [-0.2, 0) is 4.79 Å². The number of fused-ring (bicyclic) bond motifs is 1. The van der Waals surface area contributed by atoms with Gasteiger partial charge < -0.3 is 5.32 Å². The number of halogens is 1. The summed E-state index contributed by atoms with van der Waals surface area (Å²) in [5.74, 6) is -0.0978. The van der Waals surface area contributed by atoms with Crippen LogP contribution in [0.3, 0.4) is 0 Å². The van der Waals surface area contributed by atoms with Gasteiger partial charge in [-0.3, -0.25) is 4.79 Å². The Morgan fingerprint density at radius 1 is 1.39 bits per heavy atom. The summed E-state index contributed by atoms with van der Waals surface area (Å²) >= 11 is 0. The highest BCUT2D eigenvalue weighted by Gasteiger charge is 2.35. The Hall–Kier alpha value is -1.38. The van der Waals surface area contributed by atoms with Crippen LogP contribution in [-0.4, -0.2) is 5.91 Å². The van der Waals surface area contributed by atoms with E-state index in [2.05, 4.69) is 19.2 Å². The highest BCUT2D eigenvalue weighted by Crippen LogP contribution is 2.40. The fourth-order valence-corrected chi connectivity index (χ4v) is 2.80. The molecule has 1 N–H and O–H groups in total. The fourth-order valence-electron chi connectivity index (χ4n) is 2.80. The van der Waals surface area contributed by atoms with E-state index < -0.39 is 0 Å². The van der Waals surface area contributed by atoms with Gasteiger partial charge in [0.2, 0.25) is 5.91 Å². The first-order valence-corrected chi connectivity index (χ1v) is 6.77. The fraction of sp³-hybridized carbons (Fsp3) is 0.533. The molecule has 1 aliphatic heterocycles. The van der Waals surface area contributed by atoms with Gasteiger partial charge in [-0.1, -0.05) is 33.1 Å². The number of anilines is 1. The van der Waals surface area contributed by atoms with E-state index in [9.17, 15) is 9.18 Å². The van der Waals surface area contributed by atoms with Crippen LogP contribution in [0.15, 0.2) is 18.2 Å². The summed E-state index contributed by atoms with van der Waals surface area (Å²) in [5.41, 5.74) is 1.62. The molecule has 98 valence electrons. The lowest BCUT2D eigenvalue weighted by molar-refractivity contribution is -0.118. The molecule has 0 aromatic heterocycles. The molecule has 2 rings (SSSR count). The quantitative estimate of drug-likeness (QED) is 0.837. The first-order chi connectivity index (χ1) is 8.67. The number of rotatable bonds is 5. The molecule has 0 radical (unpaired) electrons. The Balaban J connectivity index is 2.27. The van der Waals surface area contributed by atoms with Crippen LogP contribution in [0.5, 0.6) is 0 Å². The molecule has 1 aromatic rings. The summed E-state index contributed by atoms with van der Waals surface area (Å²) in [6.07, 6.45) is 4.23. The molecule has 1 amide bonds. The van der Waals surface area contributed by atoms with Gasteiger partial charge in [0.25, 0.3) is 0 Å². The van der Waals surface area contributed by atoms with Crippen LogP contribution in [0.25, 0.3) is 0 Å². The number of benzene rings is 1. The van der Waals surface area contributed by atoms with E-state index in [1.54, 1.807) is 6.07 Å². The first-order valence-electron chi connectivity index (χ1n) is 6.77. The van der Waals surface area contributed by atoms with Gasteiger partial charge in [0, 0.05) is 5.69 Å². The largest absolute Gasteiger partial charge is 0.325 e. The van der Waals surface area contributed by atoms with Gasteiger partial charge in [0.15, 0.2) is 0 Å². The zero-order valence-electron chi connectivity index (χ0n) is 11.0. The molecule has 3 heteroatoms. The van der Waals surface area contributed by atoms with Gasteiger partial charge in [-0.15, -0.1) is 0 Å². The predicted octanol–water partition coefficient (Wildman–Crippen LogP) is 4.08. The second kappa shape index (κ2) is 5.51. The standard InChI is InChI=1S/C15H20FNO/c1-3-5-6-10(4-2)14-12-9-11(16)7-8-13(12)17-15(14)18/h7-10,14H,3-6H2,1-2H3,(H,17,18). The van der Waals surface area contributed by atoms with Crippen LogP contribution < -0.4 is 5.32 Å². The first kappa shape index (κ1) is 13.1.